The summed E-state index contributed by atoms with van der Waals surface area (Å²) in [6.07, 6.45) is 1.64. The summed E-state index contributed by atoms with van der Waals surface area (Å²) in [7, 11) is 0. The second kappa shape index (κ2) is 10.6. The highest BCUT2D eigenvalue weighted by atomic mass is 16.7. The molecule has 0 aromatic heterocycles. The third-order valence-corrected chi connectivity index (χ3v) is 6.55. The van der Waals surface area contributed by atoms with Crippen molar-refractivity contribution >= 4 is 5.84 Å². The first-order chi connectivity index (χ1) is 16.6. The van der Waals surface area contributed by atoms with Gasteiger partial charge in [0.1, 0.15) is 11.8 Å². The summed E-state index contributed by atoms with van der Waals surface area (Å²) in [4.78, 5) is 13.0. The molecule has 0 bridgehead atoms. The highest BCUT2D eigenvalue weighted by molar-refractivity contribution is 6.00. The van der Waals surface area contributed by atoms with Crippen LogP contribution in [-0.2, 0) is 11.3 Å². The Labute approximate surface area is 202 Å². The van der Waals surface area contributed by atoms with E-state index in [2.05, 4.69) is 34.6 Å². The minimum Gasteiger partial charge on any atom is -0.490 e. The minimum atomic E-state index is -0.521. The molecule has 34 heavy (non-hydrogen) atoms. The number of likely N-dealkylation sites (tertiary alicyclic amines) is 1. The average molecular weight is 463 g/mol. The van der Waals surface area contributed by atoms with E-state index in [4.69, 9.17) is 14.6 Å². The fourth-order valence-corrected chi connectivity index (χ4v) is 5.26. The Hall–Kier alpha value is -2.92. The maximum absolute atomic E-state index is 9.53. The molecule has 3 unspecified atom stereocenters. The third-order valence-electron chi connectivity index (χ3n) is 6.55. The number of nitriles is 1. The Morgan fingerprint density at radius 1 is 1.29 bits per heavy atom. The van der Waals surface area contributed by atoms with Gasteiger partial charge in [-0.1, -0.05) is 38.1 Å². The zero-order valence-corrected chi connectivity index (χ0v) is 20.4. The lowest BCUT2D eigenvalue weighted by atomic mass is 10.0. The van der Waals surface area contributed by atoms with Crippen molar-refractivity contribution in [2.45, 2.75) is 58.9 Å². The monoisotopic (exact) mass is 462 g/mol. The molecule has 7 nitrogen and oxygen atoms in total. The summed E-state index contributed by atoms with van der Waals surface area (Å²) in [6, 6.07) is 14.4. The molecule has 2 aliphatic heterocycles. The van der Waals surface area contributed by atoms with Crippen LogP contribution >= 0.6 is 0 Å². The number of nitrogens with one attached hydrogen (secondary N) is 1. The lowest BCUT2D eigenvalue weighted by Crippen LogP contribution is -2.27. The van der Waals surface area contributed by atoms with E-state index in [1.807, 2.05) is 39.8 Å². The smallest absolute Gasteiger partial charge is 0.202 e. The Morgan fingerprint density at radius 2 is 2.12 bits per heavy atom. The van der Waals surface area contributed by atoms with E-state index in [1.165, 1.54) is 11.1 Å². The summed E-state index contributed by atoms with van der Waals surface area (Å²) in [5, 5.41) is 19.0. The standard InChI is InChI=1S/C25H28N4O3.C2H6/c1-15(2)31-22-7-6-17(12-18(22)14-26)25-27-24(28-32-25)20-5-3-4-19-21(20)13-16-8-9-29(10-11-30)23(16)19;1-2/h3-7,12,15-16,23,25,30H,8-11,13H2,1-2H3,(H,27,28);1-2H3. The number of hydrogen-bond acceptors (Lipinski definition) is 7. The summed E-state index contributed by atoms with van der Waals surface area (Å²) in [5.41, 5.74) is 8.03. The average Bonchev–Trinajstić information content (AvgIpc) is 3.57. The zero-order valence-electron chi connectivity index (χ0n) is 20.4. The molecule has 7 heteroatoms. The van der Waals surface area contributed by atoms with Crippen LogP contribution < -0.4 is 10.2 Å². The van der Waals surface area contributed by atoms with Gasteiger partial charge in [-0.15, -0.1) is 0 Å². The molecule has 3 atom stereocenters. The van der Waals surface area contributed by atoms with Crippen LogP contribution in [0.5, 0.6) is 5.75 Å². The molecule has 180 valence electrons. The molecular weight excluding hydrogens is 428 g/mol. The lowest BCUT2D eigenvalue weighted by molar-refractivity contribution is 0.0376. The van der Waals surface area contributed by atoms with Crippen LogP contribution in [0.25, 0.3) is 0 Å². The van der Waals surface area contributed by atoms with Crippen molar-refractivity contribution in [1.82, 2.24) is 10.4 Å². The highest BCUT2D eigenvalue weighted by Gasteiger charge is 2.42. The molecule has 2 N–H and O–H groups in total. The van der Waals surface area contributed by atoms with Gasteiger partial charge >= 0.3 is 0 Å². The number of amidine groups is 1. The molecule has 3 aliphatic rings. The fourth-order valence-electron chi connectivity index (χ4n) is 5.26. The van der Waals surface area contributed by atoms with E-state index in [1.54, 1.807) is 6.07 Å². The van der Waals surface area contributed by atoms with Crippen molar-refractivity contribution in [2.75, 3.05) is 19.7 Å². The molecule has 0 amide bonds. The zero-order chi connectivity index (χ0) is 24.2. The van der Waals surface area contributed by atoms with Gasteiger partial charge in [0.25, 0.3) is 0 Å². The van der Waals surface area contributed by atoms with Gasteiger partial charge < -0.3 is 9.84 Å². The first kappa shape index (κ1) is 24.2. The van der Waals surface area contributed by atoms with Crippen molar-refractivity contribution in [3.05, 3.63) is 64.2 Å². The van der Waals surface area contributed by atoms with Gasteiger partial charge in [0.05, 0.1) is 18.3 Å². The Bertz CT molecular complexity index is 1090. The van der Waals surface area contributed by atoms with Crippen LogP contribution in [0.3, 0.4) is 0 Å². The topological polar surface area (TPSA) is 90.1 Å². The number of aliphatic hydroxyl groups excluding tert-OH is 1. The second-order valence-corrected chi connectivity index (χ2v) is 8.91. The van der Waals surface area contributed by atoms with Crippen LogP contribution in [0, 0.1) is 17.2 Å². The van der Waals surface area contributed by atoms with Crippen LogP contribution in [0.15, 0.2) is 41.4 Å². The number of benzene rings is 2. The van der Waals surface area contributed by atoms with Crippen molar-refractivity contribution in [1.29, 1.82) is 5.26 Å². The number of aliphatic hydroxyl groups is 1. The van der Waals surface area contributed by atoms with E-state index >= 15 is 0 Å². The Morgan fingerprint density at radius 3 is 2.85 bits per heavy atom. The molecule has 2 aromatic rings. The van der Waals surface area contributed by atoms with E-state index < -0.39 is 6.23 Å². The van der Waals surface area contributed by atoms with E-state index in [-0.39, 0.29) is 12.7 Å². The normalized spacial score (nSPS) is 22.9. The van der Waals surface area contributed by atoms with Gasteiger partial charge in [-0.3, -0.25) is 4.90 Å². The third kappa shape index (κ3) is 4.54. The first-order valence-electron chi connectivity index (χ1n) is 12.3. The van der Waals surface area contributed by atoms with E-state index in [0.717, 1.165) is 36.3 Å². The maximum atomic E-state index is 9.53. The largest absolute Gasteiger partial charge is 0.490 e. The Balaban J connectivity index is 0.00000133. The number of nitrogens with zero attached hydrogens (tertiary/aromatic N) is 3. The number of hydroxylamine groups is 1. The fraction of sp³-hybridized carbons (Fsp3) is 0.481. The molecular formula is C27H34N4O3. The lowest BCUT2D eigenvalue weighted by Gasteiger charge is -2.24. The molecule has 2 heterocycles. The van der Waals surface area contributed by atoms with Crippen molar-refractivity contribution in [3.8, 4) is 11.8 Å². The van der Waals surface area contributed by atoms with Crippen LogP contribution in [0.1, 0.15) is 74.2 Å². The first-order valence-corrected chi connectivity index (χ1v) is 12.3. The van der Waals surface area contributed by atoms with Crippen LogP contribution in [0.2, 0.25) is 0 Å². The number of β-amino-alcohol motifs (C(OH)–C–C–N with tert-alkyl or cyclic N) is 1. The van der Waals surface area contributed by atoms with Gasteiger partial charge in [0.15, 0.2) is 5.84 Å². The van der Waals surface area contributed by atoms with Gasteiger partial charge in [-0.05, 0) is 62.4 Å². The summed E-state index contributed by atoms with van der Waals surface area (Å²) < 4.78 is 5.72. The van der Waals surface area contributed by atoms with Gasteiger partial charge in [-0.25, -0.2) is 15.3 Å². The van der Waals surface area contributed by atoms with Gasteiger partial charge in [0, 0.05) is 23.7 Å². The van der Waals surface area contributed by atoms with Gasteiger partial charge in [0.2, 0.25) is 6.23 Å². The van der Waals surface area contributed by atoms with Crippen molar-refractivity contribution in [2.24, 2.45) is 10.9 Å². The molecule has 0 spiro atoms. The quantitative estimate of drug-likeness (QED) is 0.667. The summed E-state index contributed by atoms with van der Waals surface area (Å²) in [5.74, 6) is 1.88. The second-order valence-electron chi connectivity index (χ2n) is 8.91. The molecule has 2 aromatic carbocycles. The predicted molar refractivity (Wildman–Crippen MR) is 131 cm³/mol. The molecule has 0 saturated carbocycles. The van der Waals surface area contributed by atoms with Crippen LogP contribution in [-0.4, -0.2) is 41.6 Å². The SMILES string of the molecule is CC.CC(C)Oc1ccc(C2N=C(c3cccc4c3CC3CCN(CCO)C43)NO2)cc1C#N. The summed E-state index contributed by atoms with van der Waals surface area (Å²) >= 11 is 0. The minimum absolute atomic E-state index is 0.00468. The Kier molecular flexibility index (Phi) is 7.52. The number of fused-ring (bicyclic) bond motifs is 3. The molecule has 1 fully saturated rings. The summed E-state index contributed by atoms with van der Waals surface area (Å²) in [6.45, 7) is 9.82. The molecule has 0 radical (unpaired) electrons. The van der Waals surface area contributed by atoms with E-state index in [9.17, 15) is 10.4 Å². The maximum Gasteiger partial charge on any atom is 0.202 e. The van der Waals surface area contributed by atoms with Crippen molar-refractivity contribution < 1.29 is 14.7 Å². The van der Waals surface area contributed by atoms with Crippen molar-refractivity contribution in [3.63, 3.8) is 0 Å². The van der Waals surface area contributed by atoms with Gasteiger partial charge in [-0.2, -0.15) is 5.26 Å². The van der Waals surface area contributed by atoms with E-state index in [0.29, 0.717) is 29.8 Å². The number of ether oxygens (including phenoxy) is 1. The number of rotatable bonds is 6. The predicted octanol–water partition coefficient (Wildman–Crippen LogP) is 4.26. The molecule has 1 aliphatic carbocycles. The van der Waals surface area contributed by atoms with Crippen LogP contribution in [0.4, 0.5) is 0 Å². The highest BCUT2D eigenvalue weighted by Crippen LogP contribution is 2.47. The number of aliphatic imine (C=N–C) groups is 1. The number of hydrogen-bond donors (Lipinski definition) is 2. The molecule has 5 rings (SSSR count). The molecule has 1 saturated heterocycles.